The summed E-state index contributed by atoms with van der Waals surface area (Å²) in [5.74, 6) is -0.0335. The number of carboxylic acids is 1. The minimum Gasteiger partial charge on any atom is -0.480 e. The fourth-order valence-electron chi connectivity index (χ4n) is 2.13. The number of hydrogen-bond acceptors (Lipinski definition) is 2. The SMILES string of the molecule is C=CCN(CC(=O)O)Cc1ccc(C2CC2)cc1. The fraction of sp³-hybridized carbons (Fsp3) is 0.400. The molecule has 1 saturated carbocycles. The van der Waals surface area contributed by atoms with Gasteiger partial charge in [0.2, 0.25) is 0 Å². The van der Waals surface area contributed by atoms with Gasteiger partial charge in [0.1, 0.15) is 0 Å². The maximum Gasteiger partial charge on any atom is 0.317 e. The second-order valence-corrected chi connectivity index (χ2v) is 4.87. The van der Waals surface area contributed by atoms with Crippen LogP contribution in [0.2, 0.25) is 0 Å². The lowest BCUT2D eigenvalue weighted by Crippen LogP contribution is -2.29. The molecule has 1 fully saturated rings. The van der Waals surface area contributed by atoms with Gasteiger partial charge in [0.25, 0.3) is 0 Å². The van der Waals surface area contributed by atoms with E-state index in [1.165, 1.54) is 18.4 Å². The number of carbonyl (C=O) groups is 1. The molecule has 1 aromatic carbocycles. The molecule has 0 aliphatic heterocycles. The average Bonchev–Trinajstić information content (AvgIpc) is 3.13. The quantitative estimate of drug-likeness (QED) is 0.751. The van der Waals surface area contributed by atoms with E-state index < -0.39 is 5.97 Å². The Balaban J connectivity index is 1.96. The lowest BCUT2D eigenvalue weighted by atomic mass is 10.1. The third-order valence-corrected chi connectivity index (χ3v) is 3.18. The summed E-state index contributed by atoms with van der Waals surface area (Å²) in [7, 11) is 0. The topological polar surface area (TPSA) is 40.5 Å². The van der Waals surface area contributed by atoms with Crippen molar-refractivity contribution in [3.63, 3.8) is 0 Å². The van der Waals surface area contributed by atoms with Gasteiger partial charge in [-0.25, -0.2) is 0 Å². The van der Waals surface area contributed by atoms with E-state index in [0.717, 1.165) is 11.5 Å². The molecule has 1 N–H and O–H groups in total. The van der Waals surface area contributed by atoms with Crippen LogP contribution in [-0.4, -0.2) is 29.1 Å². The van der Waals surface area contributed by atoms with E-state index in [0.29, 0.717) is 13.1 Å². The van der Waals surface area contributed by atoms with Crippen LogP contribution in [0.3, 0.4) is 0 Å². The van der Waals surface area contributed by atoms with Crippen molar-refractivity contribution >= 4 is 5.97 Å². The maximum absolute atomic E-state index is 10.8. The first-order valence-electron chi connectivity index (χ1n) is 6.33. The fourth-order valence-corrected chi connectivity index (χ4v) is 2.13. The van der Waals surface area contributed by atoms with Crippen LogP contribution < -0.4 is 0 Å². The van der Waals surface area contributed by atoms with Crippen LogP contribution >= 0.6 is 0 Å². The first-order valence-corrected chi connectivity index (χ1v) is 6.33. The van der Waals surface area contributed by atoms with Gasteiger partial charge >= 0.3 is 5.97 Å². The van der Waals surface area contributed by atoms with Gasteiger partial charge in [0, 0.05) is 13.1 Å². The highest BCUT2D eigenvalue weighted by Gasteiger charge is 2.22. The van der Waals surface area contributed by atoms with E-state index in [1.807, 2.05) is 4.90 Å². The molecular weight excluding hydrogens is 226 g/mol. The van der Waals surface area contributed by atoms with E-state index in [9.17, 15) is 4.79 Å². The molecule has 2 rings (SSSR count). The summed E-state index contributed by atoms with van der Waals surface area (Å²) in [6, 6.07) is 8.54. The van der Waals surface area contributed by atoms with E-state index in [2.05, 4.69) is 30.8 Å². The summed E-state index contributed by atoms with van der Waals surface area (Å²) in [4.78, 5) is 12.6. The molecule has 3 heteroatoms. The number of nitrogens with zero attached hydrogens (tertiary/aromatic N) is 1. The van der Waals surface area contributed by atoms with Crippen LogP contribution in [-0.2, 0) is 11.3 Å². The predicted octanol–water partition coefficient (Wildman–Crippen LogP) is 2.64. The third kappa shape index (κ3) is 3.70. The number of carboxylic acid groups (broad SMARTS) is 1. The molecule has 0 saturated heterocycles. The van der Waals surface area contributed by atoms with Crippen molar-refractivity contribution in [3.05, 3.63) is 48.0 Å². The van der Waals surface area contributed by atoms with Gasteiger partial charge in [-0.1, -0.05) is 30.3 Å². The molecule has 0 heterocycles. The van der Waals surface area contributed by atoms with E-state index in [1.54, 1.807) is 6.08 Å². The van der Waals surface area contributed by atoms with Crippen LogP contribution in [0.25, 0.3) is 0 Å². The Morgan fingerprint density at radius 1 is 1.39 bits per heavy atom. The zero-order valence-electron chi connectivity index (χ0n) is 10.5. The second kappa shape index (κ2) is 5.83. The number of hydrogen-bond donors (Lipinski definition) is 1. The molecule has 0 aromatic heterocycles. The predicted molar refractivity (Wildman–Crippen MR) is 71.5 cm³/mol. The van der Waals surface area contributed by atoms with Crippen molar-refractivity contribution in [1.82, 2.24) is 4.90 Å². The van der Waals surface area contributed by atoms with Gasteiger partial charge < -0.3 is 5.11 Å². The molecule has 3 nitrogen and oxygen atoms in total. The molecule has 0 atom stereocenters. The molecule has 1 aliphatic rings. The van der Waals surface area contributed by atoms with Crippen LogP contribution in [0.5, 0.6) is 0 Å². The number of rotatable bonds is 7. The Kier molecular flexibility index (Phi) is 4.15. The summed E-state index contributed by atoms with van der Waals surface area (Å²) >= 11 is 0. The third-order valence-electron chi connectivity index (χ3n) is 3.18. The Morgan fingerprint density at radius 2 is 2.06 bits per heavy atom. The highest BCUT2D eigenvalue weighted by Crippen LogP contribution is 2.39. The standard InChI is InChI=1S/C15H19NO2/c1-2-9-16(11-15(17)18)10-12-3-5-13(6-4-12)14-7-8-14/h2-6,14H,1,7-11H2,(H,17,18). The second-order valence-electron chi connectivity index (χ2n) is 4.87. The maximum atomic E-state index is 10.8. The molecule has 0 spiro atoms. The molecule has 0 amide bonds. The minimum atomic E-state index is -0.800. The van der Waals surface area contributed by atoms with Crippen molar-refractivity contribution in [2.75, 3.05) is 13.1 Å². The molecule has 1 aromatic rings. The summed E-state index contributed by atoms with van der Waals surface area (Å²) in [5.41, 5.74) is 2.56. The van der Waals surface area contributed by atoms with E-state index in [-0.39, 0.29) is 6.54 Å². The molecule has 0 bridgehead atoms. The van der Waals surface area contributed by atoms with Crippen LogP contribution in [0.4, 0.5) is 0 Å². The molecule has 18 heavy (non-hydrogen) atoms. The van der Waals surface area contributed by atoms with Gasteiger partial charge in [0.05, 0.1) is 6.54 Å². The molecule has 96 valence electrons. The van der Waals surface area contributed by atoms with Crippen molar-refractivity contribution in [2.45, 2.75) is 25.3 Å². The molecule has 0 radical (unpaired) electrons. The Bertz CT molecular complexity index is 421. The Hall–Kier alpha value is -1.61. The largest absolute Gasteiger partial charge is 0.480 e. The summed E-state index contributed by atoms with van der Waals surface area (Å²) < 4.78 is 0. The Morgan fingerprint density at radius 3 is 2.56 bits per heavy atom. The lowest BCUT2D eigenvalue weighted by Gasteiger charge is -2.18. The van der Waals surface area contributed by atoms with E-state index >= 15 is 0 Å². The first kappa shape index (κ1) is 12.8. The zero-order chi connectivity index (χ0) is 13.0. The van der Waals surface area contributed by atoms with Crippen molar-refractivity contribution in [2.24, 2.45) is 0 Å². The minimum absolute atomic E-state index is 0.0520. The number of aliphatic carboxylic acids is 1. The van der Waals surface area contributed by atoms with Crippen molar-refractivity contribution < 1.29 is 9.90 Å². The monoisotopic (exact) mass is 245 g/mol. The summed E-state index contributed by atoms with van der Waals surface area (Å²) in [6.45, 7) is 4.96. The molecule has 1 aliphatic carbocycles. The van der Waals surface area contributed by atoms with Crippen LogP contribution in [0, 0.1) is 0 Å². The van der Waals surface area contributed by atoms with Gasteiger partial charge in [-0.05, 0) is 29.9 Å². The van der Waals surface area contributed by atoms with Crippen LogP contribution in [0.1, 0.15) is 29.9 Å². The van der Waals surface area contributed by atoms with Crippen LogP contribution in [0.15, 0.2) is 36.9 Å². The van der Waals surface area contributed by atoms with Gasteiger partial charge in [-0.3, -0.25) is 9.69 Å². The summed E-state index contributed by atoms with van der Waals surface area (Å²) in [6.07, 6.45) is 4.35. The smallest absolute Gasteiger partial charge is 0.317 e. The van der Waals surface area contributed by atoms with Crippen molar-refractivity contribution in [1.29, 1.82) is 0 Å². The normalized spacial score (nSPS) is 14.7. The van der Waals surface area contributed by atoms with Gasteiger partial charge in [-0.2, -0.15) is 0 Å². The Labute approximate surface area is 108 Å². The summed E-state index contributed by atoms with van der Waals surface area (Å²) in [5, 5.41) is 8.84. The highest BCUT2D eigenvalue weighted by molar-refractivity contribution is 5.69. The zero-order valence-corrected chi connectivity index (χ0v) is 10.5. The average molecular weight is 245 g/mol. The first-order chi connectivity index (χ1) is 8.69. The van der Waals surface area contributed by atoms with Crippen molar-refractivity contribution in [3.8, 4) is 0 Å². The van der Waals surface area contributed by atoms with Gasteiger partial charge in [-0.15, -0.1) is 6.58 Å². The van der Waals surface area contributed by atoms with E-state index in [4.69, 9.17) is 5.11 Å². The van der Waals surface area contributed by atoms with Gasteiger partial charge in [0.15, 0.2) is 0 Å². The number of benzene rings is 1. The lowest BCUT2D eigenvalue weighted by molar-refractivity contribution is -0.138. The highest BCUT2D eigenvalue weighted by atomic mass is 16.4. The molecular formula is C15H19NO2. The molecule has 0 unspecified atom stereocenters.